The average Bonchev–Trinajstić information content (AvgIpc) is 2.43. The van der Waals surface area contributed by atoms with Crippen LogP contribution in [0.15, 0.2) is 28.7 Å². The maximum atomic E-state index is 5.76. The first-order chi connectivity index (χ1) is 10.1. The molecule has 0 fully saturated rings. The van der Waals surface area contributed by atoms with Gasteiger partial charge in [-0.3, -0.25) is 0 Å². The standard InChI is InChI=1S/C18H30BrNO/c1-4-9-20-13-17(8-10-21-14-15(2)3)11-16-6-5-7-18(19)12-16/h5-7,12,15,17,20H,4,8-11,13-14H2,1-3H3. The zero-order valence-electron chi connectivity index (χ0n) is 13.7. The minimum absolute atomic E-state index is 0.617. The largest absolute Gasteiger partial charge is 0.381 e. The summed E-state index contributed by atoms with van der Waals surface area (Å²) in [5.41, 5.74) is 1.40. The third kappa shape index (κ3) is 9.28. The van der Waals surface area contributed by atoms with Gasteiger partial charge in [-0.25, -0.2) is 0 Å². The van der Waals surface area contributed by atoms with Crippen LogP contribution in [0.3, 0.4) is 0 Å². The van der Waals surface area contributed by atoms with Crippen LogP contribution in [-0.4, -0.2) is 26.3 Å². The Balaban J connectivity index is 2.43. The molecule has 1 atom stereocenters. The van der Waals surface area contributed by atoms with Crippen molar-refractivity contribution in [1.82, 2.24) is 5.32 Å². The van der Waals surface area contributed by atoms with Gasteiger partial charge in [-0.1, -0.05) is 48.8 Å². The Hall–Kier alpha value is -0.380. The van der Waals surface area contributed by atoms with E-state index in [0.29, 0.717) is 11.8 Å². The summed E-state index contributed by atoms with van der Waals surface area (Å²) >= 11 is 3.56. The third-order valence-corrected chi connectivity index (χ3v) is 3.89. The molecule has 0 saturated carbocycles. The Bertz CT molecular complexity index is 381. The molecule has 0 aliphatic carbocycles. The molecule has 21 heavy (non-hydrogen) atoms. The first-order valence-corrected chi connectivity index (χ1v) is 8.94. The van der Waals surface area contributed by atoms with Crippen LogP contribution in [0.25, 0.3) is 0 Å². The summed E-state index contributed by atoms with van der Waals surface area (Å²) < 4.78 is 6.92. The highest BCUT2D eigenvalue weighted by atomic mass is 79.9. The Morgan fingerprint density at radius 2 is 2.10 bits per heavy atom. The first kappa shape index (κ1) is 18.7. The van der Waals surface area contributed by atoms with Crippen LogP contribution in [0, 0.1) is 11.8 Å². The van der Waals surface area contributed by atoms with Gasteiger partial charge in [0.15, 0.2) is 0 Å². The van der Waals surface area contributed by atoms with Gasteiger partial charge in [-0.15, -0.1) is 0 Å². The second kappa shape index (κ2) is 11.2. The van der Waals surface area contributed by atoms with Gasteiger partial charge in [0.1, 0.15) is 0 Å². The quantitative estimate of drug-likeness (QED) is 0.582. The molecule has 0 aliphatic rings. The summed E-state index contributed by atoms with van der Waals surface area (Å²) in [5, 5.41) is 3.55. The summed E-state index contributed by atoms with van der Waals surface area (Å²) in [5.74, 6) is 1.25. The number of halogens is 1. The topological polar surface area (TPSA) is 21.3 Å². The van der Waals surface area contributed by atoms with Gasteiger partial charge < -0.3 is 10.1 Å². The fourth-order valence-electron chi connectivity index (χ4n) is 2.33. The molecule has 1 N–H and O–H groups in total. The molecule has 0 bridgehead atoms. The lowest BCUT2D eigenvalue weighted by molar-refractivity contribution is 0.0976. The molecule has 0 amide bonds. The Morgan fingerprint density at radius 3 is 2.76 bits per heavy atom. The molecule has 2 nitrogen and oxygen atoms in total. The highest BCUT2D eigenvalue weighted by Gasteiger charge is 2.10. The third-order valence-electron chi connectivity index (χ3n) is 3.39. The Morgan fingerprint density at radius 1 is 1.29 bits per heavy atom. The summed E-state index contributed by atoms with van der Waals surface area (Å²) in [7, 11) is 0. The predicted molar refractivity (Wildman–Crippen MR) is 94.8 cm³/mol. The summed E-state index contributed by atoms with van der Waals surface area (Å²) in [6, 6.07) is 8.64. The molecule has 1 unspecified atom stereocenters. The van der Waals surface area contributed by atoms with Gasteiger partial charge in [0.05, 0.1) is 0 Å². The molecule has 0 aromatic heterocycles. The van der Waals surface area contributed by atoms with Crippen molar-refractivity contribution >= 4 is 15.9 Å². The molecular weight excluding hydrogens is 326 g/mol. The van der Waals surface area contributed by atoms with Crippen LogP contribution in [0.2, 0.25) is 0 Å². The van der Waals surface area contributed by atoms with E-state index in [2.05, 4.69) is 66.3 Å². The lowest BCUT2D eigenvalue weighted by Gasteiger charge is -2.18. The van der Waals surface area contributed by atoms with Crippen molar-refractivity contribution in [3.05, 3.63) is 34.3 Å². The Labute approximate surface area is 138 Å². The molecule has 1 aromatic rings. The number of benzene rings is 1. The van der Waals surface area contributed by atoms with Gasteiger partial charge in [-0.05, 0) is 61.9 Å². The molecule has 0 saturated heterocycles. The van der Waals surface area contributed by atoms with Crippen LogP contribution in [-0.2, 0) is 11.2 Å². The van der Waals surface area contributed by atoms with Gasteiger partial charge in [0.2, 0.25) is 0 Å². The van der Waals surface area contributed by atoms with E-state index >= 15 is 0 Å². The van der Waals surface area contributed by atoms with E-state index < -0.39 is 0 Å². The van der Waals surface area contributed by atoms with Crippen molar-refractivity contribution in [1.29, 1.82) is 0 Å². The van der Waals surface area contributed by atoms with E-state index in [1.54, 1.807) is 0 Å². The van der Waals surface area contributed by atoms with Crippen LogP contribution in [0.5, 0.6) is 0 Å². The number of ether oxygens (including phenoxy) is 1. The summed E-state index contributed by atoms with van der Waals surface area (Å²) in [6.07, 6.45) is 3.42. The fraction of sp³-hybridized carbons (Fsp3) is 0.667. The number of nitrogens with one attached hydrogen (secondary N) is 1. The molecular formula is C18H30BrNO. The van der Waals surface area contributed by atoms with Crippen molar-refractivity contribution in [2.24, 2.45) is 11.8 Å². The molecule has 0 radical (unpaired) electrons. The second-order valence-corrected chi connectivity index (χ2v) is 7.08. The van der Waals surface area contributed by atoms with Crippen LogP contribution in [0.4, 0.5) is 0 Å². The first-order valence-electron chi connectivity index (χ1n) is 8.14. The lowest BCUT2D eigenvalue weighted by atomic mass is 9.96. The van der Waals surface area contributed by atoms with Crippen LogP contribution in [0.1, 0.15) is 39.2 Å². The number of hydrogen-bond donors (Lipinski definition) is 1. The van der Waals surface area contributed by atoms with Crippen molar-refractivity contribution in [2.75, 3.05) is 26.3 Å². The van der Waals surface area contributed by atoms with E-state index in [9.17, 15) is 0 Å². The SMILES string of the molecule is CCCNCC(CCOCC(C)C)Cc1cccc(Br)c1. The van der Waals surface area contributed by atoms with Gasteiger partial charge in [0.25, 0.3) is 0 Å². The number of rotatable bonds is 11. The maximum Gasteiger partial charge on any atom is 0.0488 e. The molecule has 3 heteroatoms. The van der Waals surface area contributed by atoms with Crippen molar-refractivity contribution in [3.8, 4) is 0 Å². The van der Waals surface area contributed by atoms with Crippen molar-refractivity contribution in [3.63, 3.8) is 0 Å². The Kier molecular flexibility index (Phi) is 9.98. The van der Waals surface area contributed by atoms with E-state index in [0.717, 1.165) is 43.6 Å². The minimum Gasteiger partial charge on any atom is -0.381 e. The maximum absolute atomic E-state index is 5.76. The molecule has 0 aliphatic heterocycles. The van der Waals surface area contributed by atoms with Gasteiger partial charge in [0, 0.05) is 17.7 Å². The van der Waals surface area contributed by atoms with Crippen molar-refractivity contribution in [2.45, 2.75) is 40.0 Å². The second-order valence-electron chi connectivity index (χ2n) is 6.16. The van der Waals surface area contributed by atoms with E-state index in [-0.39, 0.29) is 0 Å². The van der Waals surface area contributed by atoms with E-state index in [4.69, 9.17) is 4.74 Å². The lowest BCUT2D eigenvalue weighted by Crippen LogP contribution is -2.26. The van der Waals surface area contributed by atoms with Crippen molar-refractivity contribution < 1.29 is 4.74 Å². The molecule has 120 valence electrons. The van der Waals surface area contributed by atoms with Crippen LogP contribution < -0.4 is 5.32 Å². The zero-order chi connectivity index (χ0) is 15.5. The summed E-state index contributed by atoms with van der Waals surface area (Å²) in [6.45, 7) is 10.5. The van der Waals surface area contributed by atoms with E-state index in [1.165, 1.54) is 12.0 Å². The fourth-order valence-corrected chi connectivity index (χ4v) is 2.77. The van der Waals surface area contributed by atoms with E-state index in [1.807, 2.05) is 0 Å². The zero-order valence-corrected chi connectivity index (χ0v) is 15.3. The van der Waals surface area contributed by atoms with Gasteiger partial charge in [-0.2, -0.15) is 0 Å². The predicted octanol–water partition coefficient (Wildman–Crippen LogP) is 4.67. The highest BCUT2D eigenvalue weighted by molar-refractivity contribution is 9.10. The van der Waals surface area contributed by atoms with Crippen LogP contribution >= 0.6 is 15.9 Å². The highest BCUT2D eigenvalue weighted by Crippen LogP contribution is 2.17. The molecule has 1 rings (SSSR count). The smallest absolute Gasteiger partial charge is 0.0488 e. The monoisotopic (exact) mass is 355 g/mol. The van der Waals surface area contributed by atoms with Gasteiger partial charge >= 0.3 is 0 Å². The molecule has 1 aromatic carbocycles. The number of hydrogen-bond acceptors (Lipinski definition) is 2. The average molecular weight is 356 g/mol. The molecule has 0 heterocycles. The summed E-state index contributed by atoms with van der Waals surface area (Å²) in [4.78, 5) is 0. The normalized spacial score (nSPS) is 12.8. The molecule has 0 spiro atoms. The minimum atomic E-state index is 0.617.